The highest BCUT2D eigenvalue weighted by Gasteiger charge is 2.09. The number of carbonyl (C=O) groups is 1. The Morgan fingerprint density at radius 2 is 2.19 bits per heavy atom. The van der Waals surface area contributed by atoms with Crippen LogP contribution in [0, 0.1) is 0 Å². The van der Waals surface area contributed by atoms with E-state index in [1.54, 1.807) is 11.4 Å². The molecule has 0 fully saturated rings. The van der Waals surface area contributed by atoms with Gasteiger partial charge in [-0.25, -0.2) is 4.98 Å². The maximum Gasteiger partial charge on any atom is 0.270 e. The molecule has 3 N–H and O–H groups in total. The Morgan fingerprint density at radius 3 is 2.86 bits per heavy atom. The second kappa shape index (κ2) is 7.75. The van der Waals surface area contributed by atoms with Crippen molar-refractivity contribution in [2.75, 3.05) is 6.54 Å². The van der Waals surface area contributed by atoms with Crippen LogP contribution in [0.5, 0.6) is 0 Å². The number of halogens is 2. The molecule has 1 heterocycles. The molecule has 112 valence electrons. The summed E-state index contributed by atoms with van der Waals surface area (Å²) in [5, 5.41) is 6.58. The first-order valence-corrected chi connectivity index (χ1v) is 8.10. The summed E-state index contributed by atoms with van der Waals surface area (Å²) in [7, 11) is 0. The second-order valence-corrected chi connectivity index (χ2v) is 6.21. The number of hydrogen-bond acceptors (Lipinski definition) is 4. The third-order valence-electron chi connectivity index (χ3n) is 2.88. The third-order valence-corrected chi connectivity index (χ3v) is 4.34. The fraction of sp³-hybridized carbons (Fsp3) is 0.286. The standard InChI is InChI=1S/C14H15Cl2N3OS/c15-10-4-3-9(11(16)6-10)2-1-5-18-14(20)12-8-21-13(7-17)19-12/h3-4,6,8H,1-2,5,7,17H2,(H,18,20). The summed E-state index contributed by atoms with van der Waals surface area (Å²) in [4.78, 5) is 16.0. The van der Waals surface area contributed by atoms with Crippen LogP contribution in [0.25, 0.3) is 0 Å². The Labute approximate surface area is 137 Å². The Kier molecular flexibility index (Phi) is 5.99. The number of amides is 1. The van der Waals surface area contributed by atoms with Crippen molar-refractivity contribution in [3.05, 3.63) is 49.9 Å². The highest BCUT2D eigenvalue weighted by Crippen LogP contribution is 2.21. The molecule has 7 heteroatoms. The van der Waals surface area contributed by atoms with Crippen LogP contribution < -0.4 is 11.1 Å². The van der Waals surface area contributed by atoms with Gasteiger partial charge in [0.15, 0.2) is 0 Å². The summed E-state index contributed by atoms with van der Waals surface area (Å²) in [6.07, 6.45) is 1.57. The van der Waals surface area contributed by atoms with E-state index in [0.717, 1.165) is 23.4 Å². The summed E-state index contributed by atoms with van der Waals surface area (Å²) >= 11 is 13.3. The number of nitrogens with two attached hydrogens (primary N) is 1. The van der Waals surface area contributed by atoms with Gasteiger partial charge in [-0.1, -0.05) is 29.3 Å². The maximum atomic E-state index is 11.8. The third kappa shape index (κ3) is 4.68. The van der Waals surface area contributed by atoms with Gasteiger partial charge in [-0.05, 0) is 30.5 Å². The summed E-state index contributed by atoms with van der Waals surface area (Å²) in [6, 6.07) is 5.44. The molecule has 4 nitrogen and oxygen atoms in total. The Morgan fingerprint density at radius 1 is 1.38 bits per heavy atom. The lowest BCUT2D eigenvalue weighted by Gasteiger charge is -2.06. The number of aryl methyl sites for hydroxylation is 1. The molecule has 1 aromatic carbocycles. The molecule has 0 saturated carbocycles. The van der Waals surface area contributed by atoms with Crippen molar-refractivity contribution in [3.63, 3.8) is 0 Å². The summed E-state index contributed by atoms with van der Waals surface area (Å²) in [5.74, 6) is -0.173. The zero-order valence-corrected chi connectivity index (χ0v) is 13.6. The molecule has 2 aromatic rings. The molecule has 1 amide bonds. The quantitative estimate of drug-likeness (QED) is 0.791. The summed E-state index contributed by atoms with van der Waals surface area (Å²) in [5.41, 5.74) is 6.91. The fourth-order valence-corrected chi connectivity index (χ4v) is 2.96. The van der Waals surface area contributed by atoms with Crippen LogP contribution in [0.15, 0.2) is 23.6 Å². The molecule has 2 rings (SSSR count). The molecule has 0 spiro atoms. The lowest BCUT2D eigenvalue weighted by molar-refractivity contribution is 0.0949. The first-order chi connectivity index (χ1) is 10.1. The maximum absolute atomic E-state index is 11.8. The van der Waals surface area contributed by atoms with E-state index in [1.807, 2.05) is 12.1 Å². The minimum Gasteiger partial charge on any atom is -0.351 e. The number of benzene rings is 1. The van der Waals surface area contributed by atoms with Crippen LogP contribution in [0.3, 0.4) is 0 Å². The zero-order chi connectivity index (χ0) is 15.2. The monoisotopic (exact) mass is 343 g/mol. The van der Waals surface area contributed by atoms with Crippen molar-refractivity contribution in [1.29, 1.82) is 0 Å². The second-order valence-electron chi connectivity index (χ2n) is 4.43. The van der Waals surface area contributed by atoms with E-state index in [9.17, 15) is 4.79 Å². The summed E-state index contributed by atoms with van der Waals surface area (Å²) in [6.45, 7) is 0.917. The average molecular weight is 344 g/mol. The van der Waals surface area contributed by atoms with Crippen molar-refractivity contribution in [2.24, 2.45) is 5.73 Å². The zero-order valence-electron chi connectivity index (χ0n) is 11.2. The SMILES string of the molecule is NCc1nc(C(=O)NCCCc2ccc(Cl)cc2Cl)cs1. The van der Waals surface area contributed by atoms with Crippen LogP contribution in [0.2, 0.25) is 10.0 Å². The fourth-order valence-electron chi connectivity index (χ4n) is 1.80. The molecule has 0 aliphatic heterocycles. The van der Waals surface area contributed by atoms with Gasteiger partial charge < -0.3 is 11.1 Å². The number of hydrogen-bond donors (Lipinski definition) is 2. The van der Waals surface area contributed by atoms with Crippen molar-refractivity contribution >= 4 is 40.4 Å². The molecule has 0 atom stereocenters. The molecular weight excluding hydrogens is 329 g/mol. The van der Waals surface area contributed by atoms with Gasteiger partial charge in [-0.15, -0.1) is 11.3 Å². The van der Waals surface area contributed by atoms with Crippen molar-refractivity contribution < 1.29 is 4.79 Å². The topological polar surface area (TPSA) is 68.0 Å². The van der Waals surface area contributed by atoms with Gasteiger partial charge in [-0.2, -0.15) is 0 Å². The van der Waals surface area contributed by atoms with Crippen LogP contribution in [-0.4, -0.2) is 17.4 Å². The smallest absolute Gasteiger partial charge is 0.270 e. The lowest BCUT2D eigenvalue weighted by Crippen LogP contribution is -2.25. The largest absolute Gasteiger partial charge is 0.351 e. The van der Waals surface area contributed by atoms with E-state index >= 15 is 0 Å². The first kappa shape index (κ1) is 16.2. The van der Waals surface area contributed by atoms with Gasteiger partial charge in [0.25, 0.3) is 5.91 Å². The minimum atomic E-state index is -0.173. The van der Waals surface area contributed by atoms with Crippen LogP contribution in [0.4, 0.5) is 0 Å². The van der Waals surface area contributed by atoms with E-state index < -0.39 is 0 Å². The predicted molar refractivity (Wildman–Crippen MR) is 87.1 cm³/mol. The number of nitrogens with one attached hydrogen (secondary N) is 1. The van der Waals surface area contributed by atoms with Gasteiger partial charge in [0.1, 0.15) is 10.7 Å². The molecule has 0 aliphatic rings. The van der Waals surface area contributed by atoms with E-state index in [0.29, 0.717) is 28.8 Å². The van der Waals surface area contributed by atoms with Gasteiger partial charge in [0.05, 0.1) is 0 Å². The number of nitrogens with zero attached hydrogens (tertiary/aromatic N) is 1. The van der Waals surface area contributed by atoms with E-state index in [2.05, 4.69) is 10.3 Å². The number of rotatable bonds is 6. The highest BCUT2D eigenvalue weighted by atomic mass is 35.5. The van der Waals surface area contributed by atoms with Gasteiger partial charge in [-0.3, -0.25) is 4.79 Å². The normalized spacial score (nSPS) is 10.6. The minimum absolute atomic E-state index is 0.173. The van der Waals surface area contributed by atoms with Gasteiger partial charge in [0, 0.05) is 28.5 Å². The Balaban J connectivity index is 1.77. The van der Waals surface area contributed by atoms with Crippen molar-refractivity contribution in [3.8, 4) is 0 Å². The molecule has 1 aromatic heterocycles. The highest BCUT2D eigenvalue weighted by molar-refractivity contribution is 7.09. The molecule has 0 bridgehead atoms. The summed E-state index contributed by atoms with van der Waals surface area (Å²) < 4.78 is 0. The van der Waals surface area contributed by atoms with Crippen molar-refractivity contribution in [1.82, 2.24) is 10.3 Å². The van der Waals surface area contributed by atoms with Crippen LogP contribution >= 0.6 is 34.5 Å². The van der Waals surface area contributed by atoms with Crippen molar-refractivity contribution in [2.45, 2.75) is 19.4 Å². The number of thiazole rings is 1. The van der Waals surface area contributed by atoms with E-state index in [1.165, 1.54) is 11.3 Å². The molecule has 0 aliphatic carbocycles. The van der Waals surface area contributed by atoms with E-state index in [-0.39, 0.29) is 5.91 Å². The molecule has 0 unspecified atom stereocenters. The molecule has 0 saturated heterocycles. The number of carbonyl (C=O) groups excluding carboxylic acids is 1. The Bertz CT molecular complexity index is 630. The number of aromatic nitrogens is 1. The average Bonchev–Trinajstić information content (AvgIpc) is 2.94. The first-order valence-electron chi connectivity index (χ1n) is 6.46. The van der Waals surface area contributed by atoms with E-state index in [4.69, 9.17) is 28.9 Å². The molecule has 21 heavy (non-hydrogen) atoms. The lowest BCUT2D eigenvalue weighted by atomic mass is 10.1. The van der Waals surface area contributed by atoms with Gasteiger partial charge >= 0.3 is 0 Å². The van der Waals surface area contributed by atoms with Crippen LogP contribution in [-0.2, 0) is 13.0 Å². The Hall–Kier alpha value is -1.14. The molecule has 0 radical (unpaired) electrons. The van der Waals surface area contributed by atoms with Gasteiger partial charge in [0.2, 0.25) is 0 Å². The molecular formula is C14H15Cl2N3OS. The predicted octanol–water partition coefficient (Wildman–Crippen LogP) is 3.27. The van der Waals surface area contributed by atoms with Crippen LogP contribution in [0.1, 0.15) is 27.5 Å².